The number of carbonyl (C=O) groups is 1. The van der Waals surface area contributed by atoms with E-state index in [9.17, 15) is 4.79 Å². The number of hydrogen-bond acceptors (Lipinski definition) is 4. The van der Waals surface area contributed by atoms with Crippen molar-refractivity contribution in [1.29, 1.82) is 0 Å². The SMILES string of the molecule is CCOC(=O)C(C)(C)CCCOc1ccc2c(c1)C=C(c1nccn1C)CC2.Cl. The van der Waals surface area contributed by atoms with Crippen LogP contribution in [0.15, 0.2) is 30.6 Å². The molecule has 0 N–H and O–H groups in total. The molecule has 0 unspecified atom stereocenters. The van der Waals surface area contributed by atoms with Gasteiger partial charge >= 0.3 is 5.97 Å². The average Bonchev–Trinajstić information content (AvgIpc) is 3.11. The first kappa shape index (κ1) is 23.0. The van der Waals surface area contributed by atoms with Gasteiger partial charge in [0.2, 0.25) is 0 Å². The molecule has 0 spiro atoms. The zero-order valence-corrected chi connectivity index (χ0v) is 18.6. The summed E-state index contributed by atoms with van der Waals surface area (Å²) in [6.45, 7) is 6.68. The van der Waals surface area contributed by atoms with E-state index < -0.39 is 5.41 Å². The lowest BCUT2D eigenvalue weighted by molar-refractivity contribution is -0.153. The van der Waals surface area contributed by atoms with Gasteiger partial charge in [-0.15, -0.1) is 12.4 Å². The molecule has 1 aliphatic rings. The van der Waals surface area contributed by atoms with Gasteiger partial charge in [0.1, 0.15) is 11.6 Å². The molecule has 2 aromatic rings. The van der Waals surface area contributed by atoms with Gasteiger partial charge in [0, 0.05) is 19.4 Å². The fourth-order valence-corrected chi connectivity index (χ4v) is 3.54. The molecule has 0 saturated heterocycles. The Morgan fingerprint density at radius 1 is 1.28 bits per heavy atom. The molecule has 1 heterocycles. The molecule has 1 aliphatic carbocycles. The second-order valence-electron chi connectivity index (χ2n) is 7.95. The van der Waals surface area contributed by atoms with Crippen molar-refractivity contribution in [3.63, 3.8) is 0 Å². The van der Waals surface area contributed by atoms with Gasteiger partial charge in [-0.05, 0) is 81.4 Å². The lowest BCUT2D eigenvalue weighted by Gasteiger charge is -2.22. The first-order chi connectivity index (χ1) is 13.4. The maximum Gasteiger partial charge on any atom is 0.311 e. The molecule has 158 valence electrons. The third kappa shape index (κ3) is 5.63. The first-order valence-corrected chi connectivity index (χ1v) is 10.0. The number of aromatic nitrogens is 2. The molecule has 0 fully saturated rings. The summed E-state index contributed by atoms with van der Waals surface area (Å²) in [4.78, 5) is 16.4. The summed E-state index contributed by atoms with van der Waals surface area (Å²) in [7, 11) is 2.02. The fourth-order valence-electron chi connectivity index (χ4n) is 3.54. The van der Waals surface area contributed by atoms with Crippen LogP contribution in [0.4, 0.5) is 0 Å². The van der Waals surface area contributed by atoms with Gasteiger partial charge in [-0.2, -0.15) is 0 Å². The fraction of sp³-hybridized carbons (Fsp3) is 0.478. The third-order valence-electron chi connectivity index (χ3n) is 5.26. The molecule has 3 rings (SSSR count). The number of rotatable bonds is 8. The minimum absolute atomic E-state index is 0. The van der Waals surface area contributed by atoms with Crippen LogP contribution in [0.5, 0.6) is 5.75 Å². The quantitative estimate of drug-likeness (QED) is 0.443. The standard InChI is InChI=1S/C23H30N2O3.ClH/c1-5-27-22(26)23(2,3)11-6-14-28-20-10-9-17-7-8-18(15-19(17)16-20)21-24-12-13-25(21)4;/h9-10,12-13,15-16H,5-8,11,14H2,1-4H3;1H. The van der Waals surface area contributed by atoms with Crippen LogP contribution in [0.2, 0.25) is 0 Å². The van der Waals surface area contributed by atoms with Gasteiger partial charge < -0.3 is 14.0 Å². The second kappa shape index (κ2) is 9.97. The molecule has 0 saturated carbocycles. The van der Waals surface area contributed by atoms with Crippen molar-refractivity contribution in [3.8, 4) is 5.75 Å². The van der Waals surface area contributed by atoms with E-state index in [1.54, 1.807) is 0 Å². The number of allylic oxidation sites excluding steroid dienone is 1. The molecule has 0 radical (unpaired) electrons. The largest absolute Gasteiger partial charge is 0.494 e. The Bertz CT molecular complexity index is 871. The van der Waals surface area contributed by atoms with E-state index >= 15 is 0 Å². The molecular formula is C23H31ClN2O3. The van der Waals surface area contributed by atoms with Crippen molar-refractivity contribution in [2.75, 3.05) is 13.2 Å². The predicted molar refractivity (Wildman–Crippen MR) is 118 cm³/mol. The van der Waals surface area contributed by atoms with Gasteiger partial charge in [-0.25, -0.2) is 4.98 Å². The highest BCUT2D eigenvalue weighted by atomic mass is 35.5. The number of benzene rings is 1. The number of aryl methyl sites for hydroxylation is 2. The maximum atomic E-state index is 12.0. The van der Waals surface area contributed by atoms with Crippen LogP contribution >= 0.6 is 12.4 Å². The summed E-state index contributed by atoms with van der Waals surface area (Å²) in [5, 5.41) is 0. The maximum absolute atomic E-state index is 12.0. The van der Waals surface area contributed by atoms with Crippen LogP contribution in [0.1, 0.15) is 57.0 Å². The van der Waals surface area contributed by atoms with Crippen molar-refractivity contribution >= 4 is 30.0 Å². The number of nitrogens with zero attached hydrogens (tertiary/aromatic N) is 2. The Morgan fingerprint density at radius 2 is 2.07 bits per heavy atom. The molecule has 6 heteroatoms. The zero-order chi connectivity index (χ0) is 20.1. The summed E-state index contributed by atoms with van der Waals surface area (Å²) in [6.07, 6.45) is 9.59. The molecule has 0 amide bonds. The van der Waals surface area contributed by atoms with E-state index in [2.05, 4.69) is 27.8 Å². The van der Waals surface area contributed by atoms with Crippen molar-refractivity contribution in [2.45, 2.75) is 46.5 Å². The Kier molecular flexibility index (Phi) is 7.91. The van der Waals surface area contributed by atoms with Crippen LogP contribution in [-0.2, 0) is 23.0 Å². The Balaban J connectivity index is 0.00000300. The van der Waals surface area contributed by atoms with Crippen molar-refractivity contribution in [1.82, 2.24) is 9.55 Å². The molecule has 5 nitrogen and oxygen atoms in total. The van der Waals surface area contributed by atoms with Crippen LogP contribution in [0.3, 0.4) is 0 Å². The predicted octanol–water partition coefficient (Wildman–Crippen LogP) is 5.08. The van der Waals surface area contributed by atoms with Gasteiger partial charge in [0.25, 0.3) is 0 Å². The summed E-state index contributed by atoms with van der Waals surface area (Å²) in [6, 6.07) is 6.29. The van der Waals surface area contributed by atoms with E-state index in [0.717, 1.165) is 37.3 Å². The highest BCUT2D eigenvalue weighted by Gasteiger charge is 2.28. The van der Waals surface area contributed by atoms with Crippen molar-refractivity contribution < 1.29 is 14.3 Å². The van der Waals surface area contributed by atoms with Gasteiger partial charge in [-0.3, -0.25) is 4.79 Å². The normalized spacial score (nSPS) is 13.2. The minimum Gasteiger partial charge on any atom is -0.494 e. The number of esters is 1. The van der Waals surface area contributed by atoms with E-state index in [1.807, 2.05) is 46.3 Å². The van der Waals surface area contributed by atoms with Crippen LogP contribution < -0.4 is 4.74 Å². The van der Waals surface area contributed by atoms with E-state index in [0.29, 0.717) is 13.2 Å². The zero-order valence-electron chi connectivity index (χ0n) is 17.7. The molecule has 0 aliphatic heterocycles. The number of ether oxygens (including phenoxy) is 2. The summed E-state index contributed by atoms with van der Waals surface area (Å²) < 4.78 is 13.2. The van der Waals surface area contributed by atoms with E-state index in [1.165, 1.54) is 16.7 Å². The van der Waals surface area contributed by atoms with Crippen LogP contribution in [0.25, 0.3) is 11.6 Å². The molecule has 0 atom stereocenters. The number of hydrogen-bond donors (Lipinski definition) is 0. The molecule has 29 heavy (non-hydrogen) atoms. The van der Waals surface area contributed by atoms with Crippen LogP contribution in [-0.4, -0.2) is 28.7 Å². The Morgan fingerprint density at radius 3 is 2.76 bits per heavy atom. The van der Waals surface area contributed by atoms with Gasteiger partial charge in [0.15, 0.2) is 0 Å². The highest BCUT2D eigenvalue weighted by Crippen LogP contribution is 2.32. The monoisotopic (exact) mass is 418 g/mol. The average molecular weight is 419 g/mol. The smallest absolute Gasteiger partial charge is 0.311 e. The summed E-state index contributed by atoms with van der Waals surface area (Å²) in [5.74, 6) is 1.75. The van der Waals surface area contributed by atoms with E-state index in [4.69, 9.17) is 9.47 Å². The number of fused-ring (bicyclic) bond motifs is 1. The second-order valence-corrected chi connectivity index (χ2v) is 7.95. The summed E-state index contributed by atoms with van der Waals surface area (Å²) in [5.41, 5.74) is 3.32. The van der Waals surface area contributed by atoms with Gasteiger partial charge in [0.05, 0.1) is 18.6 Å². The lowest BCUT2D eigenvalue weighted by Crippen LogP contribution is -2.27. The number of halogens is 1. The van der Waals surface area contributed by atoms with Crippen molar-refractivity contribution in [2.24, 2.45) is 12.5 Å². The van der Waals surface area contributed by atoms with Gasteiger partial charge in [-0.1, -0.05) is 6.07 Å². The minimum atomic E-state index is -0.477. The molecule has 1 aromatic heterocycles. The Labute approximate surface area is 179 Å². The summed E-state index contributed by atoms with van der Waals surface area (Å²) >= 11 is 0. The first-order valence-electron chi connectivity index (χ1n) is 10.0. The third-order valence-corrected chi connectivity index (χ3v) is 5.26. The molecular weight excluding hydrogens is 388 g/mol. The lowest BCUT2D eigenvalue weighted by atomic mass is 9.88. The number of imidazole rings is 1. The van der Waals surface area contributed by atoms with Crippen molar-refractivity contribution in [3.05, 3.63) is 47.5 Å². The Hall–Kier alpha value is -2.27. The molecule has 1 aromatic carbocycles. The highest BCUT2D eigenvalue weighted by molar-refractivity contribution is 5.85. The number of carbonyl (C=O) groups excluding carboxylic acids is 1. The topological polar surface area (TPSA) is 53.4 Å². The molecule has 0 bridgehead atoms. The van der Waals surface area contributed by atoms with E-state index in [-0.39, 0.29) is 18.4 Å². The van der Waals surface area contributed by atoms with Crippen LogP contribution in [0, 0.1) is 5.41 Å².